The van der Waals surface area contributed by atoms with Gasteiger partial charge in [0.25, 0.3) is 0 Å². The van der Waals surface area contributed by atoms with Crippen molar-refractivity contribution < 1.29 is 13.2 Å². The van der Waals surface area contributed by atoms with Crippen molar-refractivity contribution >= 4 is 22.0 Å². The highest BCUT2D eigenvalue weighted by molar-refractivity contribution is 7.89. The molecule has 7 heteroatoms. The Morgan fingerprint density at radius 3 is 2.52 bits per heavy atom. The minimum absolute atomic E-state index is 0.0169. The maximum atomic E-state index is 11.8. The molecule has 1 N–H and O–H groups in total. The van der Waals surface area contributed by atoms with Crippen LogP contribution in [0.5, 0.6) is 0 Å². The summed E-state index contributed by atoms with van der Waals surface area (Å²) in [5.74, 6) is -0.291. The molecule has 0 heterocycles. The Kier molecular flexibility index (Phi) is 6.09. The molecule has 0 aliphatic heterocycles. The first kappa shape index (κ1) is 16.9. The monoisotopic (exact) mass is 307 g/mol. The van der Waals surface area contributed by atoms with Crippen LogP contribution in [-0.2, 0) is 14.8 Å². The number of nitriles is 1. The van der Waals surface area contributed by atoms with Gasteiger partial charge in [0.1, 0.15) is 6.54 Å². The molecule has 1 aromatic rings. The molecule has 0 aliphatic rings. The smallest absolute Gasteiger partial charge is 0.247 e. The van der Waals surface area contributed by atoms with Crippen LogP contribution in [0.1, 0.15) is 12.5 Å². The number of hydrogen-bond acceptors (Lipinski definition) is 4. The molecule has 1 rings (SSSR count). The van der Waals surface area contributed by atoms with Gasteiger partial charge in [0.2, 0.25) is 15.9 Å². The number of hydrogen-bond donors (Lipinski definition) is 1. The van der Waals surface area contributed by atoms with Gasteiger partial charge in [0.15, 0.2) is 0 Å². The zero-order valence-electron chi connectivity index (χ0n) is 11.9. The second kappa shape index (κ2) is 7.57. The molecular formula is C14H17N3O3S. The van der Waals surface area contributed by atoms with Gasteiger partial charge in [-0.3, -0.25) is 4.79 Å². The van der Waals surface area contributed by atoms with E-state index in [-0.39, 0.29) is 17.3 Å². The summed E-state index contributed by atoms with van der Waals surface area (Å²) in [5.41, 5.74) is 0.698. The number of likely N-dealkylation sites (N-methyl/N-ethyl adjacent to an activating group) is 1. The van der Waals surface area contributed by atoms with Crippen LogP contribution in [-0.4, -0.2) is 39.4 Å². The van der Waals surface area contributed by atoms with Crippen LogP contribution in [0, 0.1) is 11.3 Å². The van der Waals surface area contributed by atoms with Crippen molar-refractivity contribution in [2.24, 2.45) is 0 Å². The summed E-state index contributed by atoms with van der Waals surface area (Å²) in [5, 5.41) is 8.49. The van der Waals surface area contributed by atoms with E-state index in [0.717, 1.165) is 0 Å². The minimum Gasteiger partial charge on any atom is -0.329 e. The highest BCUT2D eigenvalue weighted by atomic mass is 32.2. The molecule has 1 amide bonds. The predicted octanol–water partition coefficient (Wildman–Crippen LogP) is 0.980. The molecule has 0 aliphatic carbocycles. The van der Waals surface area contributed by atoms with Crippen LogP contribution in [0.4, 0.5) is 0 Å². The zero-order chi connectivity index (χ0) is 15.9. The van der Waals surface area contributed by atoms with E-state index in [9.17, 15) is 13.2 Å². The van der Waals surface area contributed by atoms with Crippen molar-refractivity contribution in [1.82, 2.24) is 9.62 Å². The Bertz CT molecular complexity index is 658. The molecule has 0 atom stereocenters. The van der Waals surface area contributed by atoms with Crippen molar-refractivity contribution in [3.8, 4) is 6.07 Å². The van der Waals surface area contributed by atoms with E-state index in [2.05, 4.69) is 4.72 Å². The minimum atomic E-state index is -3.46. The molecule has 0 bridgehead atoms. The number of nitrogens with one attached hydrogen (secondary N) is 1. The first-order valence-corrected chi connectivity index (χ1v) is 7.79. The van der Waals surface area contributed by atoms with Crippen molar-refractivity contribution in [3.05, 3.63) is 35.9 Å². The van der Waals surface area contributed by atoms with Gasteiger partial charge >= 0.3 is 0 Å². The zero-order valence-corrected chi connectivity index (χ0v) is 12.7. The summed E-state index contributed by atoms with van der Waals surface area (Å²) < 4.78 is 25.9. The van der Waals surface area contributed by atoms with E-state index in [4.69, 9.17) is 5.26 Å². The van der Waals surface area contributed by atoms with Crippen LogP contribution in [0.2, 0.25) is 0 Å². The Labute approximate surface area is 124 Å². The van der Waals surface area contributed by atoms with Gasteiger partial charge < -0.3 is 4.90 Å². The summed E-state index contributed by atoms with van der Waals surface area (Å²) in [6, 6.07) is 8.05. The average molecular weight is 307 g/mol. The summed E-state index contributed by atoms with van der Waals surface area (Å²) in [7, 11) is -1.93. The van der Waals surface area contributed by atoms with E-state index in [1.807, 2.05) is 6.07 Å². The number of carbonyl (C=O) groups is 1. The lowest BCUT2D eigenvalue weighted by Crippen LogP contribution is -2.24. The van der Waals surface area contributed by atoms with Gasteiger partial charge in [0.05, 0.1) is 11.0 Å². The Morgan fingerprint density at radius 1 is 1.38 bits per heavy atom. The molecule has 1 aromatic carbocycles. The maximum absolute atomic E-state index is 11.8. The molecule has 112 valence electrons. The third kappa shape index (κ3) is 5.02. The van der Waals surface area contributed by atoms with Crippen LogP contribution in [0.3, 0.4) is 0 Å². The Hall–Kier alpha value is -2.17. The number of benzene rings is 1. The number of amides is 1. The topological polar surface area (TPSA) is 90.3 Å². The van der Waals surface area contributed by atoms with Crippen molar-refractivity contribution in [2.45, 2.75) is 11.8 Å². The van der Waals surface area contributed by atoms with E-state index in [1.165, 1.54) is 30.2 Å². The standard InChI is InChI=1S/C14H17N3O3S/c1-3-16-21(19,20)13-7-4-12(5-8-13)6-9-14(18)17(2)11-10-15/h4-9,16H,3,11H2,1-2H3. The SMILES string of the molecule is CCNS(=O)(=O)c1ccc(C=CC(=O)N(C)CC#N)cc1. The Balaban J connectivity index is 2.80. The molecule has 0 spiro atoms. The van der Waals surface area contributed by atoms with Crippen molar-refractivity contribution in [2.75, 3.05) is 20.1 Å². The van der Waals surface area contributed by atoms with Crippen LogP contribution in [0.25, 0.3) is 6.08 Å². The molecule has 0 radical (unpaired) electrons. The maximum Gasteiger partial charge on any atom is 0.247 e. The highest BCUT2D eigenvalue weighted by Gasteiger charge is 2.11. The third-order valence-corrected chi connectivity index (χ3v) is 4.19. The lowest BCUT2D eigenvalue weighted by Gasteiger charge is -2.09. The molecule has 0 unspecified atom stereocenters. The van der Waals surface area contributed by atoms with Crippen molar-refractivity contribution in [1.29, 1.82) is 5.26 Å². The fourth-order valence-electron chi connectivity index (χ4n) is 1.51. The van der Waals surface area contributed by atoms with Gasteiger partial charge in [-0.05, 0) is 23.8 Å². The molecule has 6 nitrogen and oxygen atoms in total. The van der Waals surface area contributed by atoms with Crippen LogP contribution in [0.15, 0.2) is 35.2 Å². The largest absolute Gasteiger partial charge is 0.329 e. The number of carbonyl (C=O) groups excluding carboxylic acids is 1. The first-order chi connectivity index (χ1) is 9.90. The second-order valence-electron chi connectivity index (χ2n) is 4.26. The molecule has 21 heavy (non-hydrogen) atoms. The second-order valence-corrected chi connectivity index (χ2v) is 6.02. The predicted molar refractivity (Wildman–Crippen MR) is 79.6 cm³/mol. The normalized spacial score (nSPS) is 11.3. The van der Waals surface area contributed by atoms with Gasteiger partial charge in [-0.15, -0.1) is 0 Å². The van der Waals surface area contributed by atoms with Crippen molar-refractivity contribution in [3.63, 3.8) is 0 Å². The van der Waals surface area contributed by atoms with Crippen LogP contribution < -0.4 is 4.72 Å². The first-order valence-electron chi connectivity index (χ1n) is 6.30. The van der Waals surface area contributed by atoms with E-state index in [1.54, 1.807) is 25.1 Å². The number of rotatable bonds is 6. The molecule has 0 saturated heterocycles. The summed E-state index contributed by atoms with van der Waals surface area (Å²) in [6.07, 6.45) is 2.91. The average Bonchev–Trinajstić information content (AvgIpc) is 2.45. The third-order valence-electron chi connectivity index (χ3n) is 2.63. The van der Waals surface area contributed by atoms with E-state index in [0.29, 0.717) is 12.1 Å². The summed E-state index contributed by atoms with van der Waals surface area (Å²) in [4.78, 5) is 13.1. The lowest BCUT2D eigenvalue weighted by atomic mass is 10.2. The molecule has 0 aromatic heterocycles. The fourth-order valence-corrected chi connectivity index (χ4v) is 2.55. The van der Waals surface area contributed by atoms with E-state index >= 15 is 0 Å². The quantitative estimate of drug-likeness (QED) is 0.626. The molecular weight excluding hydrogens is 290 g/mol. The summed E-state index contributed by atoms with van der Waals surface area (Å²) in [6.45, 7) is 2.05. The molecule has 0 fully saturated rings. The van der Waals surface area contributed by atoms with Gasteiger partial charge in [-0.25, -0.2) is 13.1 Å². The highest BCUT2D eigenvalue weighted by Crippen LogP contribution is 2.11. The Morgan fingerprint density at radius 2 is 2.00 bits per heavy atom. The molecule has 0 saturated carbocycles. The summed E-state index contributed by atoms with van der Waals surface area (Å²) >= 11 is 0. The van der Waals surface area contributed by atoms with Crippen LogP contribution >= 0.6 is 0 Å². The van der Waals surface area contributed by atoms with Gasteiger partial charge in [0, 0.05) is 19.7 Å². The van der Waals surface area contributed by atoms with E-state index < -0.39 is 10.0 Å². The van der Waals surface area contributed by atoms with Gasteiger partial charge in [-0.2, -0.15) is 5.26 Å². The number of nitrogens with zero attached hydrogens (tertiary/aromatic N) is 2. The number of sulfonamides is 1. The lowest BCUT2D eigenvalue weighted by molar-refractivity contribution is -0.124. The fraction of sp³-hybridized carbons (Fsp3) is 0.286. The van der Waals surface area contributed by atoms with Gasteiger partial charge in [-0.1, -0.05) is 19.1 Å².